The number of hydrogen-bond donors (Lipinski definition) is 3. The Kier molecular flexibility index (Phi) is 10.2. The highest BCUT2D eigenvalue weighted by Crippen LogP contribution is 2.38. The number of ether oxygens (including phenoxy) is 4. The maximum absolute atomic E-state index is 13.0. The van der Waals surface area contributed by atoms with Gasteiger partial charge in [-0.3, -0.25) is 18.8 Å². The normalized spacial score (nSPS) is 22.9. The second kappa shape index (κ2) is 13.5. The largest absolute Gasteiger partial charge is 0.524 e. The van der Waals surface area contributed by atoms with Crippen molar-refractivity contribution >= 4 is 34.7 Å². The van der Waals surface area contributed by atoms with Gasteiger partial charge in [0, 0.05) is 13.5 Å². The number of fused-ring (bicyclic) bond motifs is 1. The van der Waals surface area contributed by atoms with Crippen LogP contribution >= 0.6 is 7.82 Å². The summed E-state index contributed by atoms with van der Waals surface area (Å²) in [6.45, 7) is 2.53. The molecule has 1 saturated heterocycles. The Hall–Kier alpha value is -3.07. The lowest BCUT2D eigenvalue weighted by molar-refractivity contribution is -0.288. The average Bonchev–Trinajstić information content (AvgIpc) is 2.93. The molecule has 1 aliphatic rings. The maximum Gasteiger partial charge on any atom is 0.524 e. The highest BCUT2D eigenvalue weighted by molar-refractivity contribution is 7.86. The summed E-state index contributed by atoms with van der Waals surface area (Å²) in [4.78, 5) is 29.8. The van der Waals surface area contributed by atoms with Crippen molar-refractivity contribution in [3.8, 4) is 11.5 Å². The molecule has 1 fully saturated rings. The lowest BCUT2D eigenvalue weighted by Crippen LogP contribution is -2.62. The highest BCUT2D eigenvalue weighted by Gasteiger charge is 2.50. The number of aliphatic hydroxyl groups is 1. The van der Waals surface area contributed by atoms with E-state index in [0.29, 0.717) is 11.8 Å². The molecule has 5 atom stereocenters. The van der Waals surface area contributed by atoms with Crippen LogP contribution < -0.4 is 9.26 Å². The van der Waals surface area contributed by atoms with Gasteiger partial charge in [0.25, 0.3) is 10.1 Å². The van der Waals surface area contributed by atoms with E-state index in [2.05, 4.69) is 4.52 Å². The number of carbonyl (C=O) groups excluding carboxylic acids is 1. The number of phosphoric ester groups is 1. The fourth-order valence-corrected chi connectivity index (χ4v) is 5.64. The number of benzene rings is 3. The van der Waals surface area contributed by atoms with Gasteiger partial charge in [0.05, 0.1) is 11.5 Å². The van der Waals surface area contributed by atoms with Crippen LogP contribution in [0.5, 0.6) is 11.5 Å². The summed E-state index contributed by atoms with van der Waals surface area (Å²) in [6, 6.07) is 16.8. The Morgan fingerprint density at radius 2 is 1.64 bits per heavy atom. The van der Waals surface area contributed by atoms with Crippen LogP contribution in [0, 0.1) is 0 Å². The van der Waals surface area contributed by atoms with Gasteiger partial charge in [0.2, 0.25) is 6.29 Å². The average molecular weight is 627 g/mol. The summed E-state index contributed by atoms with van der Waals surface area (Å²) >= 11 is 0. The first-order valence-electron chi connectivity index (χ1n) is 12.9. The van der Waals surface area contributed by atoms with Crippen molar-refractivity contribution in [1.29, 1.82) is 0 Å². The zero-order valence-electron chi connectivity index (χ0n) is 22.6. The summed E-state index contributed by atoms with van der Waals surface area (Å²) in [7, 11) is -9.06. The van der Waals surface area contributed by atoms with E-state index in [0.717, 1.165) is 12.3 Å². The SMILES string of the molecule is CCCO[C@H]1[C@H](O)[C@H](COS(=O)(=O)c2ccc3ccccc3c2)O[C@@H](Oc2ccc(OP(=O)(O)O)cc2)[C@H]1OC(C)=O. The molecule has 0 aliphatic carbocycles. The molecule has 0 aromatic heterocycles. The second-order valence-electron chi connectivity index (χ2n) is 9.36. The maximum atomic E-state index is 13.0. The van der Waals surface area contributed by atoms with E-state index >= 15 is 0 Å². The van der Waals surface area contributed by atoms with Gasteiger partial charge in [-0.05, 0) is 53.6 Å². The van der Waals surface area contributed by atoms with E-state index in [4.69, 9.17) is 32.9 Å². The van der Waals surface area contributed by atoms with E-state index in [1.54, 1.807) is 18.2 Å². The zero-order chi connectivity index (χ0) is 30.5. The minimum atomic E-state index is -4.78. The lowest BCUT2D eigenvalue weighted by Gasteiger charge is -2.43. The molecule has 3 N–H and O–H groups in total. The third-order valence-electron chi connectivity index (χ3n) is 6.13. The van der Waals surface area contributed by atoms with Crippen LogP contribution in [0.15, 0.2) is 71.6 Å². The van der Waals surface area contributed by atoms with Crippen LogP contribution in [-0.2, 0) is 37.9 Å². The number of phosphoric acid groups is 1. The molecule has 1 aliphatic heterocycles. The summed E-state index contributed by atoms with van der Waals surface area (Å²) in [5, 5.41) is 12.7. The van der Waals surface area contributed by atoms with E-state index in [1.165, 1.54) is 36.4 Å². The van der Waals surface area contributed by atoms with Crippen LogP contribution in [-0.4, -0.2) is 73.2 Å². The first-order chi connectivity index (χ1) is 19.9. The molecule has 3 aromatic carbocycles. The first-order valence-corrected chi connectivity index (χ1v) is 15.8. The van der Waals surface area contributed by atoms with Crippen LogP contribution in [0.2, 0.25) is 0 Å². The predicted molar refractivity (Wildman–Crippen MR) is 147 cm³/mol. The molecule has 0 saturated carbocycles. The van der Waals surface area contributed by atoms with Crippen molar-refractivity contribution in [2.45, 2.75) is 55.9 Å². The highest BCUT2D eigenvalue weighted by atomic mass is 32.2. The van der Waals surface area contributed by atoms with Crippen LogP contribution in [0.3, 0.4) is 0 Å². The number of aliphatic hydroxyl groups excluding tert-OH is 1. The Bertz CT molecular complexity index is 1520. The van der Waals surface area contributed by atoms with Crippen molar-refractivity contribution in [2.24, 2.45) is 0 Å². The number of rotatable bonds is 12. The van der Waals surface area contributed by atoms with Crippen molar-refractivity contribution in [1.82, 2.24) is 0 Å². The quantitative estimate of drug-likeness (QED) is 0.152. The summed E-state index contributed by atoms with van der Waals surface area (Å²) < 4.78 is 69.9. The third-order valence-corrected chi connectivity index (χ3v) is 7.86. The van der Waals surface area contributed by atoms with Crippen molar-refractivity contribution < 1.29 is 60.3 Å². The lowest BCUT2D eigenvalue weighted by atomic mass is 9.98. The van der Waals surface area contributed by atoms with E-state index in [9.17, 15) is 22.9 Å². The van der Waals surface area contributed by atoms with Crippen LogP contribution in [0.4, 0.5) is 0 Å². The number of carbonyl (C=O) groups is 1. The molecular formula is C27H31O13PS. The van der Waals surface area contributed by atoms with Gasteiger partial charge in [0.15, 0.2) is 6.10 Å². The predicted octanol–water partition coefficient (Wildman–Crippen LogP) is 2.91. The molecule has 0 amide bonds. The first kappa shape index (κ1) is 31.9. The van der Waals surface area contributed by atoms with Crippen molar-refractivity contribution in [3.63, 3.8) is 0 Å². The fourth-order valence-electron chi connectivity index (χ4n) is 4.28. The standard InChI is InChI=1S/C27H31O13PS/c1-3-14-35-25-24(29)23(16-36-42(33,34)22-13-8-18-6-4-5-7-19(18)15-22)39-27(26(25)37-17(2)28)38-20-9-11-21(12-10-20)40-41(30,31)32/h4-13,15,23-27,29H,3,14,16H2,1-2H3,(H2,30,31,32)/t23-,24+,25-,26-,27+/m0/s1. The smallest absolute Gasteiger partial charge is 0.461 e. The van der Waals surface area contributed by atoms with E-state index in [1.807, 2.05) is 19.1 Å². The van der Waals surface area contributed by atoms with Crippen molar-refractivity contribution in [3.05, 3.63) is 66.7 Å². The van der Waals surface area contributed by atoms with Gasteiger partial charge < -0.3 is 28.6 Å². The number of esters is 1. The summed E-state index contributed by atoms with van der Waals surface area (Å²) in [5.74, 6) is -0.737. The molecule has 0 radical (unpaired) electrons. The molecular weight excluding hydrogens is 595 g/mol. The molecule has 13 nitrogen and oxygen atoms in total. The molecule has 42 heavy (non-hydrogen) atoms. The Labute approximate surface area is 242 Å². The molecule has 228 valence electrons. The van der Waals surface area contributed by atoms with E-state index in [-0.39, 0.29) is 23.0 Å². The molecule has 0 unspecified atom stereocenters. The molecule has 0 bridgehead atoms. The fraction of sp³-hybridized carbons (Fsp3) is 0.370. The minimum Gasteiger partial charge on any atom is -0.461 e. The monoisotopic (exact) mass is 626 g/mol. The topological polar surface area (TPSA) is 184 Å². The molecule has 0 spiro atoms. The summed E-state index contributed by atoms with van der Waals surface area (Å²) in [5.41, 5.74) is 0. The minimum absolute atomic E-state index is 0.0894. The van der Waals surface area contributed by atoms with Crippen LogP contribution in [0.1, 0.15) is 20.3 Å². The number of hydrogen-bond acceptors (Lipinski definition) is 11. The van der Waals surface area contributed by atoms with Gasteiger partial charge in [-0.25, -0.2) is 4.57 Å². The zero-order valence-corrected chi connectivity index (χ0v) is 24.3. The van der Waals surface area contributed by atoms with Gasteiger partial charge in [-0.2, -0.15) is 8.42 Å². The van der Waals surface area contributed by atoms with Gasteiger partial charge in [0.1, 0.15) is 29.8 Å². The van der Waals surface area contributed by atoms with E-state index < -0.39 is 61.2 Å². The second-order valence-corrected chi connectivity index (χ2v) is 12.1. The Morgan fingerprint density at radius 3 is 2.29 bits per heavy atom. The Balaban J connectivity index is 1.56. The molecule has 1 heterocycles. The van der Waals surface area contributed by atoms with Crippen molar-refractivity contribution in [2.75, 3.05) is 13.2 Å². The van der Waals surface area contributed by atoms with Gasteiger partial charge >= 0.3 is 13.8 Å². The molecule has 4 rings (SSSR count). The summed E-state index contributed by atoms with van der Waals surface area (Å²) in [6.07, 6.45) is -6.07. The van der Waals surface area contributed by atoms with Gasteiger partial charge in [-0.1, -0.05) is 37.3 Å². The molecule has 15 heteroatoms. The molecule has 3 aromatic rings. The van der Waals surface area contributed by atoms with Crippen LogP contribution in [0.25, 0.3) is 10.8 Å². The third kappa shape index (κ3) is 8.27. The Morgan fingerprint density at radius 1 is 0.976 bits per heavy atom. The van der Waals surface area contributed by atoms with Gasteiger partial charge in [-0.15, -0.1) is 0 Å².